The van der Waals surface area contributed by atoms with Crippen LogP contribution in [0.15, 0.2) is 24.1 Å². The molecule has 0 saturated heterocycles. The first-order valence-electron chi connectivity index (χ1n) is 3.95. The highest BCUT2D eigenvalue weighted by Gasteiger charge is 1.97. The minimum Gasteiger partial charge on any atom is -0.345 e. The summed E-state index contributed by atoms with van der Waals surface area (Å²) < 4.78 is 0. The Morgan fingerprint density at radius 3 is 2.67 bits per heavy atom. The number of nitrogens with zero attached hydrogens (tertiary/aromatic N) is 1. The molecular formula is C10H14N2. The Morgan fingerprint density at radius 2 is 2.25 bits per heavy atom. The van der Waals surface area contributed by atoms with Crippen LogP contribution in [0.25, 0.3) is 6.08 Å². The molecule has 0 atom stereocenters. The van der Waals surface area contributed by atoms with Gasteiger partial charge in [0.1, 0.15) is 0 Å². The molecule has 0 aliphatic carbocycles. The number of aryl methyl sites for hydroxylation is 1. The number of nitrogens with one attached hydrogen (secondary N) is 1. The minimum atomic E-state index is 1.02. The summed E-state index contributed by atoms with van der Waals surface area (Å²) in [5, 5.41) is 0. The first-order valence-corrected chi connectivity index (χ1v) is 3.95. The van der Waals surface area contributed by atoms with Crippen molar-refractivity contribution in [3.8, 4) is 0 Å². The Morgan fingerprint density at radius 1 is 1.58 bits per heavy atom. The van der Waals surface area contributed by atoms with Gasteiger partial charge in [0, 0.05) is 0 Å². The Hall–Kier alpha value is -1.31. The van der Waals surface area contributed by atoms with Crippen LogP contribution < -0.4 is 0 Å². The lowest BCUT2D eigenvalue weighted by Crippen LogP contribution is -1.81. The van der Waals surface area contributed by atoms with Gasteiger partial charge in [-0.3, -0.25) is 0 Å². The first-order chi connectivity index (χ1) is 5.61. The molecule has 2 heteroatoms. The lowest BCUT2D eigenvalue weighted by molar-refractivity contribution is 1.25. The molecule has 64 valence electrons. The van der Waals surface area contributed by atoms with E-state index in [1.54, 1.807) is 6.33 Å². The van der Waals surface area contributed by atoms with Crippen molar-refractivity contribution in [3.63, 3.8) is 0 Å². The van der Waals surface area contributed by atoms with Crippen LogP contribution in [0, 0.1) is 6.92 Å². The van der Waals surface area contributed by atoms with Crippen LogP contribution >= 0.6 is 0 Å². The van der Waals surface area contributed by atoms with E-state index in [1.165, 1.54) is 5.57 Å². The molecule has 1 N–H and O–H groups in total. The fourth-order valence-electron chi connectivity index (χ4n) is 0.858. The maximum absolute atomic E-state index is 4.10. The summed E-state index contributed by atoms with van der Waals surface area (Å²) in [6, 6.07) is 0. The number of H-pyrrole nitrogens is 1. The lowest BCUT2D eigenvalue weighted by atomic mass is 10.1. The second kappa shape index (κ2) is 3.39. The third-order valence-corrected chi connectivity index (χ3v) is 1.90. The lowest BCUT2D eigenvalue weighted by Gasteiger charge is -1.97. The van der Waals surface area contributed by atoms with Gasteiger partial charge in [0.2, 0.25) is 0 Å². The Labute approximate surface area is 73.0 Å². The van der Waals surface area contributed by atoms with E-state index in [0.717, 1.165) is 17.0 Å². The van der Waals surface area contributed by atoms with Gasteiger partial charge in [-0.2, -0.15) is 0 Å². The topological polar surface area (TPSA) is 28.7 Å². The smallest absolute Gasteiger partial charge is 0.0927 e. The van der Waals surface area contributed by atoms with Crippen LogP contribution in [0.2, 0.25) is 0 Å². The normalized spacial score (nSPS) is 11.8. The fourth-order valence-corrected chi connectivity index (χ4v) is 0.858. The van der Waals surface area contributed by atoms with E-state index in [0.29, 0.717) is 0 Å². The van der Waals surface area contributed by atoms with Gasteiger partial charge in [-0.05, 0) is 32.4 Å². The maximum atomic E-state index is 4.10. The van der Waals surface area contributed by atoms with Crippen LogP contribution in [0.4, 0.5) is 0 Å². The Kier molecular flexibility index (Phi) is 2.48. The average Bonchev–Trinajstić information content (AvgIpc) is 2.36. The van der Waals surface area contributed by atoms with E-state index in [2.05, 4.69) is 22.6 Å². The standard InChI is InChI=1S/C10H14N2/c1-7(2)8(3)5-10-9(4)11-6-12-10/h5-6H,1H2,2-4H3,(H,11,12)/b8-5-. The zero-order valence-corrected chi connectivity index (χ0v) is 7.81. The van der Waals surface area contributed by atoms with E-state index >= 15 is 0 Å². The fraction of sp³-hybridized carbons (Fsp3) is 0.300. The number of allylic oxidation sites excluding steroid dienone is 2. The molecular weight excluding hydrogens is 148 g/mol. The van der Waals surface area contributed by atoms with Crippen LogP contribution in [0.1, 0.15) is 25.2 Å². The van der Waals surface area contributed by atoms with Crippen LogP contribution in [-0.4, -0.2) is 9.97 Å². The molecule has 12 heavy (non-hydrogen) atoms. The number of imidazole rings is 1. The van der Waals surface area contributed by atoms with Gasteiger partial charge >= 0.3 is 0 Å². The second-order valence-corrected chi connectivity index (χ2v) is 3.01. The van der Waals surface area contributed by atoms with Crippen LogP contribution in [-0.2, 0) is 0 Å². The van der Waals surface area contributed by atoms with E-state index in [4.69, 9.17) is 0 Å². The van der Waals surface area contributed by atoms with Gasteiger partial charge in [-0.1, -0.05) is 12.2 Å². The van der Waals surface area contributed by atoms with E-state index < -0.39 is 0 Å². The van der Waals surface area contributed by atoms with Crippen molar-refractivity contribution < 1.29 is 0 Å². The molecule has 1 aromatic rings. The molecule has 0 aliphatic rings. The summed E-state index contributed by atoms with van der Waals surface area (Å²) in [6.45, 7) is 9.88. The number of hydrogen-bond donors (Lipinski definition) is 1. The first kappa shape index (κ1) is 8.78. The van der Waals surface area contributed by atoms with Crippen LogP contribution in [0.5, 0.6) is 0 Å². The molecule has 0 aliphatic heterocycles. The van der Waals surface area contributed by atoms with Crippen molar-refractivity contribution in [3.05, 3.63) is 35.4 Å². The third kappa shape index (κ3) is 1.84. The van der Waals surface area contributed by atoms with E-state index in [-0.39, 0.29) is 0 Å². The van der Waals surface area contributed by atoms with Crippen molar-refractivity contribution >= 4 is 6.08 Å². The molecule has 0 fully saturated rings. The van der Waals surface area contributed by atoms with E-state index in [1.807, 2.05) is 20.8 Å². The summed E-state index contributed by atoms with van der Waals surface area (Å²) in [5.74, 6) is 0. The second-order valence-electron chi connectivity index (χ2n) is 3.01. The largest absolute Gasteiger partial charge is 0.345 e. The van der Waals surface area contributed by atoms with Gasteiger partial charge in [-0.15, -0.1) is 0 Å². The zero-order chi connectivity index (χ0) is 9.14. The highest BCUT2D eigenvalue weighted by Crippen LogP contribution is 2.12. The van der Waals surface area contributed by atoms with E-state index in [9.17, 15) is 0 Å². The molecule has 0 saturated carbocycles. The van der Waals surface area contributed by atoms with Gasteiger partial charge in [0.15, 0.2) is 0 Å². The molecule has 0 spiro atoms. The zero-order valence-electron chi connectivity index (χ0n) is 7.81. The predicted molar refractivity (Wildman–Crippen MR) is 51.8 cm³/mol. The molecule has 1 heterocycles. The minimum absolute atomic E-state index is 1.02. The van der Waals surface area contributed by atoms with Gasteiger partial charge in [0.25, 0.3) is 0 Å². The molecule has 0 radical (unpaired) electrons. The predicted octanol–water partition coefficient (Wildman–Crippen LogP) is 2.70. The van der Waals surface area contributed by atoms with Crippen molar-refractivity contribution in [2.75, 3.05) is 0 Å². The number of rotatable bonds is 2. The molecule has 1 rings (SSSR count). The molecule has 0 unspecified atom stereocenters. The summed E-state index contributed by atoms with van der Waals surface area (Å²) >= 11 is 0. The Bertz CT molecular complexity index is 318. The summed E-state index contributed by atoms with van der Waals surface area (Å²) in [7, 11) is 0. The number of aromatic amines is 1. The maximum Gasteiger partial charge on any atom is 0.0927 e. The third-order valence-electron chi connectivity index (χ3n) is 1.90. The monoisotopic (exact) mass is 162 g/mol. The number of aromatic nitrogens is 2. The van der Waals surface area contributed by atoms with Crippen LogP contribution in [0.3, 0.4) is 0 Å². The Balaban J connectivity index is 2.95. The summed E-state index contributed by atoms with van der Waals surface area (Å²) in [5.41, 5.74) is 4.36. The molecule has 0 amide bonds. The van der Waals surface area contributed by atoms with Crippen molar-refractivity contribution in [2.45, 2.75) is 20.8 Å². The van der Waals surface area contributed by atoms with Gasteiger partial charge in [-0.25, -0.2) is 4.98 Å². The van der Waals surface area contributed by atoms with Gasteiger partial charge < -0.3 is 4.98 Å². The van der Waals surface area contributed by atoms with Crippen molar-refractivity contribution in [1.29, 1.82) is 0 Å². The highest BCUT2D eigenvalue weighted by molar-refractivity contribution is 5.55. The quantitative estimate of drug-likeness (QED) is 0.665. The molecule has 1 aromatic heterocycles. The van der Waals surface area contributed by atoms with Crippen molar-refractivity contribution in [1.82, 2.24) is 9.97 Å². The van der Waals surface area contributed by atoms with Gasteiger partial charge in [0.05, 0.1) is 17.7 Å². The molecule has 0 aromatic carbocycles. The summed E-state index contributed by atoms with van der Waals surface area (Å²) in [4.78, 5) is 7.16. The average molecular weight is 162 g/mol. The molecule has 2 nitrogen and oxygen atoms in total. The van der Waals surface area contributed by atoms with Crippen molar-refractivity contribution in [2.24, 2.45) is 0 Å². The SMILES string of the molecule is C=C(C)/C(C)=C\c1[nH]cnc1C. The number of hydrogen-bond acceptors (Lipinski definition) is 1. The summed E-state index contributed by atoms with van der Waals surface area (Å²) in [6.07, 6.45) is 3.76. The highest BCUT2D eigenvalue weighted by atomic mass is 14.9. The molecule has 0 bridgehead atoms.